The summed E-state index contributed by atoms with van der Waals surface area (Å²) >= 11 is 0. The number of amides is 2. The van der Waals surface area contributed by atoms with Crippen molar-refractivity contribution in [3.63, 3.8) is 0 Å². The Balaban J connectivity index is 1.43. The summed E-state index contributed by atoms with van der Waals surface area (Å²) in [6.45, 7) is 0.797. The highest BCUT2D eigenvalue weighted by Gasteiger charge is 2.35. The van der Waals surface area contributed by atoms with Crippen LogP contribution in [-0.4, -0.2) is 25.5 Å². The van der Waals surface area contributed by atoms with Crippen LogP contribution in [0.5, 0.6) is 5.75 Å². The molecular formula is C22H24N2O3. The van der Waals surface area contributed by atoms with Gasteiger partial charge in [-0.05, 0) is 67.1 Å². The minimum atomic E-state index is -0.0539. The largest absolute Gasteiger partial charge is 0.497 e. The van der Waals surface area contributed by atoms with Crippen LogP contribution >= 0.6 is 0 Å². The maximum absolute atomic E-state index is 12.5. The molecule has 2 amide bonds. The third kappa shape index (κ3) is 3.97. The van der Waals surface area contributed by atoms with Crippen LogP contribution in [0, 0.1) is 5.92 Å². The third-order valence-corrected chi connectivity index (χ3v) is 5.20. The van der Waals surface area contributed by atoms with Crippen LogP contribution in [0.1, 0.15) is 30.4 Å². The maximum Gasteiger partial charge on any atom is 0.230 e. The Morgan fingerprint density at radius 2 is 1.93 bits per heavy atom. The van der Waals surface area contributed by atoms with Crippen molar-refractivity contribution in [2.75, 3.05) is 23.9 Å². The van der Waals surface area contributed by atoms with Gasteiger partial charge >= 0.3 is 0 Å². The van der Waals surface area contributed by atoms with Gasteiger partial charge in [0.25, 0.3) is 0 Å². The lowest BCUT2D eigenvalue weighted by Gasteiger charge is -2.30. The van der Waals surface area contributed by atoms with Gasteiger partial charge in [-0.2, -0.15) is 0 Å². The van der Waals surface area contributed by atoms with Crippen molar-refractivity contribution in [2.45, 2.75) is 32.1 Å². The van der Waals surface area contributed by atoms with Gasteiger partial charge in [0.05, 0.1) is 13.5 Å². The second kappa shape index (κ2) is 7.43. The Kier molecular flexibility index (Phi) is 4.84. The first-order valence-electron chi connectivity index (χ1n) is 9.51. The molecule has 2 aromatic rings. The van der Waals surface area contributed by atoms with Gasteiger partial charge in [-0.3, -0.25) is 9.59 Å². The molecule has 0 spiro atoms. The number of nitrogens with zero attached hydrogens (tertiary/aromatic N) is 1. The molecule has 5 nitrogen and oxygen atoms in total. The van der Waals surface area contributed by atoms with Crippen LogP contribution < -0.4 is 15.0 Å². The molecule has 0 atom stereocenters. The first-order chi connectivity index (χ1) is 13.1. The van der Waals surface area contributed by atoms with E-state index in [1.807, 2.05) is 47.4 Å². The van der Waals surface area contributed by atoms with E-state index in [2.05, 4.69) is 5.32 Å². The molecule has 1 saturated carbocycles. The van der Waals surface area contributed by atoms with E-state index < -0.39 is 0 Å². The van der Waals surface area contributed by atoms with Crippen molar-refractivity contribution in [3.05, 3.63) is 53.6 Å². The first kappa shape index (κ1) is 17.6. The topological polar surface area (TPSA) is 58.6 Å². The summed E-state index contributed by atoms with van der Waals surface area (Å²) in [6.07, 6.45) is 4.25. The number of benzene rings is 2. The van der Waals surface area contributed by atoms with Crippen molar-refractivity contribution >= 4 is 23.2 Å². The molecule has 1 aliphatic heterocycles. The Morgan fingerprint density at radius 3 is 2.63 bits per heavy atom. The zero-order valence-corrected chi connectivity index (χ0v) is 15.5. The highest BCUT2D eigenvalue weighted by molar-refractivity contribution is 5.98. The summed E-state index contributed by atoms with van der Waals surface area (Å²) < 4.78 is 5.14. The second-order valence-corrected chi connectivity index (χ2v) is 7.28. The summed E-state index contributed by atoms with van der Waals surface area (Å²) in [7, 11) is 1.62. The molecule has 0 aromatic heterocycles. The molecule has 1 fully saturated rings. The molecule has 27 heavy (non-hydrogen) atoms. The third-order valence-electron chi connectivity index (χ3n) is 5.20. The Bertz CT molecular complexity index is 856. The fourth-order valence-corrected chi connectivity index (χ4v) is 3.59. The van der Waals surface area contributed by atoms with Gasteiger partial charge in [-0.1, -0.05) is 12.1 Å². The molecule has 4 rings (SSSR count). The van der Waals surface area contributed by atoms with E-state index in [0.717, 1.165) is 60.5 Å². The maximum atomic E-state index is 12.5. The van der Waals surface area contributed by atoms with Crippen LogP contribution in [0.3, 0.4) is 0 Å². The quantitative estimate of drug-likeness (QED) is 0.882. The predicted octanol–water partition coefficient (Wildman–Crippen LogP) is 3.57. The molecule has 2 aliphatic rings. The molecule has 0 unspecified atom stereocenters. The molecule has 0 radical (unpaired) electrons. The summed E-state index contributed by atoms with van der Waals surface area (Å²) in [5.41, 5.74) is 3.87. The molecule has 1 heterocycles. The predicted molar refractivity (Wildman–Crippen MR) is 105 cm³/mol. The molecule has 1 aliphatic carbocycles. The number of aryl methyl sites for hydroxylation is 1. The summed E-state index contributed by atoms with van der Waals surface area (Å²) in [5, 5.41) is 2.97. The van der Waals surface area contributed by atoms with Gasteiger partial charge in [0.2, 0.25) is 11.8 Å². The molecule has 2 aromatic carbocycles. The van der Waals surface area contributed by atoms with Crippen molar-refractivity contribution < 1.29 is 14.3 Å². The number of hydrogen-bond acceptors (Lipinski definition) is 3. The van der Waals surface area contributed by atoms with Crippen molar-refractivity contribution in [2.24, 2.45) is 5.92 Å². The van der Waals surface area contributed by atoms with Crippen molar-refractivity contribution in [3.8, 4) is 5.75 Å². The van der Waals surface area contributed by atoms with Crippen LogP contribution in [0.25, 0.3) is 0 Å². The van der Waals surface area contributed by atoms with E-state index >= 15 is 0 Å². The number of methoxy groups -OCH3 is 1. The van der Waals surface area contributed by atoms with Crippen LogP contribution in [-0.2, 0) is 22.4 Å². The van der Waals surface area contributed by atoms with Gasteiger partial charge < -0.3 is 15.0 Å². The molecule has 5 heteroatoms. The lowest BCUT2D eigenvalue weighted by atomic mass is 10.00. The van der Waals surface area contributed by atoms with E-state index in [1.54, 1.807) is 7.11 Å². The first-order valence-corrected chi connectivity index (χ1v) is 9.51. The van der Waals surface area contributed by atoms with Gasteiger partial charge in [-0.15, -0.1) is 0 Å². The average Bonchev–Trinajstić information content (AvgIpc) is 3.52. The second-order valence-electron chi connectivity index (χ2n) is 7.28. The summed E-state index contributed by atoms with van der Waals surface area (Å²) in [4.78, 5) is 26.8. The molecule has 1 N–H and O–H groups in total. The van der Waals surface area contributed by atoms with Crippen molar-refractivity contribution in [1.29, 1.82) is 0 Å². The fourth-order valence-electron chi connectivity index (χ4n) is 3.59. The molecule has 0 bridgehead atoms. The number of fused-ring (bicyclic) bond motifs is 1. The van der Waals surface area contributed by atoms with E-state index in [0.29, 0.717) is 6.42 Å². The highest BCUT2D eigenvalue weighted by atomic mass is 16.5. The van der Waals surface area contributed by atoms with Gasteiger partial charge in [0, 0.05) is 23.8 Å². The highest BCUT2D eigenvalue weighted by Crippen LogP contribution is 2.36. The fraction of sp³-hybridized carbons (Fsp3) is 0.364. The average molecular weight is 364 g/mol. The zero-order valence-electron chi connectivity index (χ0n) is 15.5. The number of hydrogen-bond donors (Lipinski definition) is 1. The lowest BCUT2D eigenvalue weighted by molar-refractivity contribution is -0.120. The minimum absolute atomic E-state index is 0.0539. The Labute approximate surface area is 159 Å². The number of rotatable bonds is 5. The van der Waals surface area contributed by atoms with E-state index in [1.165, 1.54) is 0 Å². The standard InChI is InChI=1S/C22H24N2O3/c1-27-19-9-4-15(5-10-19)13-21(25)23-18-8-11-20-17(14-18)3-2-12-24(20)22(26)16-6-7-16/h4-5,8-11,14,16H,2-3,6-7,12-13H2,1H3,(H,23,25). The zero-order chi connectivity index (χ0) is 18.8. The van der Waals surface area contributed by atoms with Crippen LogP contribution in [0.15, 0.2) is 42.5 Å². The van der Waals surface area contributed by atoms with E-state index in [-0.39, 0.29) is 17.7 Å². The number of ether oxygens (including phenoxy) is 1. The summed E-state index contributed by atoms with van der Waals surface area (Å²) in [6, 6.07) is 13.4. The van der Waals surface area contributed by atoms with Gasteiger partial charge in [0.1, 0.15) is 5.75 Å². The molecule has 0 saturated heterocycles. The monoisotopic (exact) mass is 364 g/mol. The number of nitrogens with one attached hydrogen (secondary N) is 1. The number of anilines is 2. The van der Waals surface area contributed by atoms with Crippen molar-refractivity contribution in [1.82, 2.24) is 0 Å². The SMILES string of the molecule is COc1ccc(CC(=O)Nc2ccc3c(c2)CCCN3C(=O)C2CC2)cc1. The van der Waals surface area contributed by atoms with E-state index in [9.17, 15) is 9.59 Å². The normalized spacial score (nSPS) is 15.8. The number of carbonyl (C=O) groups excluding carboxylic acids is 2. The number of carbonyl (C=O) groups is 2. The summed E-state index contributed by atoms with van der Waals surface area (Å²) in [5.74, 6) is 1.20. The van der Waals surface area contributed by atoms with Gasteiger partial charge in [-0.25, -0.2) is 0 Å². The Hall–Kier alpha value is -2.82. The smallest absolute Gasteiger partial charge is 0.230 e. The van der Waals surface area contributed by atoms with Crippen LogP contribution in [0.4, 0.5) is 11.4 Å². The van der Waals surface area contributed by atoms with E-state index in [4.69, 9.17) is 4.74 Å². The lowest BCUT2D eigenvalue weighted by Crippen LogP contribution is -2.36. The molecular weight excluding hydrogens is 340 g/mol. The molecule has 140 valence electrons. The van der Waals surface area contributed by atoms with Crippen LogP contribution in [0.2, 0.25) is 0 Å². The minimum Gasteiger partial charge on any atom is -0.497 e. The van der Waals surface area contributed by atoms with Gasteiger partial charge in [0.15, 0.2) is 0 Å². The Morgan fingerprint density at radius 1 is 1.15 bits per heavy atom.